The van der Waals surface area contributed by atoms with Gasteiger partial charge in [-0.3, -0.25) is 19.2 Å². The quantitative estimate of drug-likeness (QED) is 0.681. The lowest BCUT2D eigenvalue weighted by Crippen LogP contribution is -2.60. The van der Waals surface area contributed by atoms with Gasteiger partial charge in [-0.05, 0) is 43.4 Å². The van der Waals surface area contributed by atoms with Crippen LogP contribution in [-0.2, 0) is 29.4 Å². The van der Waals surface area contributed by atoms with Crippen molar-refractivity contribution < 1.29 is 24.0 Å². The number of methoxy groups -OCH3 is 1. The van der Waals surface area contributed by atoms with Gasteiger partial charge >= 0.3 is 5.97 Å². The molecule has 4 rings (SSSR count). The maximum atomic E-state index is 13.6. The molecule has 2 saturated heterocycles. The molecule has 30 heavy (non-hydrogen) atoms. The Kier molecular flexibility index (Phi) is 5.53. The number of rotatable bonds is 4. The van der Waals surface area contributed by atoms with Gasteiger partial charge in [-0.15, -0.1) is 0 Å². The molecule has 1 aliphatic carbocycles. The molecule has 162 valence electrons. The zero-order valence-corrected chi connectivity index (χ0v) is 18.1. The van der Waals surface area contributed by atoms with Gasteiger partial charge in [0.15, 0.2) is 0 Å². The van der Waals surface area contributed by atoms with Crippen LogP contribution in [0.15, 0.2) is 24.3 Å². The Morgan fingerprint density at radius 1 is 1.07 bits per heavy atom. The summed E-state index contributed by atoms with van der Waals surface area (Å²) in [6.45, 7) is 0.934. The van der Waals surface area contributed by atoms with E-state index in [0.29, 0.717) is 31.0 Å². The molecule has 0 aromatic heterocycles. The molecule has 2 heterocycles. The third-order valence-corrected chi connectivity index (χ3v) is 7.51. The fourth-order valence-electron chi connectivity index (χ4n) is 5.44. The second kappa shape index (κ2) is 7.85. The van der Waals surface area contributed by atoms with Gasteiger partial charge in [-0.2, -0.15) is 0 Å². The van der Waals surface area contributed by atoms with Crippen LogP contribution in [0, 0.1) is 5.92 Å². The number of nitrogens with zero attached hydrogens (tertiary/aromatic N) is 2. The van der Waals surface area contributed by atoms with Gasteiger partial charge in [0.05, 0.1) is 31.1 Å². The highest BCUT2D eigenvalue weighted by atomic mass is 35.5. The van der Waals surface area contributed by atoms with Crippen LogP contribution in [0.2, 0.25) is 5.02 Å². The SMILES string of the molecule is COC(=O)C1CC(=O)N(OC)C12CCN(C(=O)C1(c3ccc(Cl)cc3)CCC1)CC2. The van der Waals surface area contributed by atoms with E-state index in [9.17, 15) is 14.4 Å². The Labute approximate surface area is 181 Å². The number of carbonyl (C=O) groups is 3. The van der Waals surface area contributed by atoms with E-state index in [1.807, 2.05) is 29.2 Å². The second-order valence-electron chi connectivity index (χ2n) is 8.49. The maximum absolute atomic E-state index is 13.6. The molecule has 1 saturated carbocycles. The number of esters is 1. The maximum Gasteiger partial charge on any atom is 0.311 e. The largest absolute Gasteiger partial charge is 0.469 e. The molecule has 0 bridgehead atoms. The van der Waals surface area contributed by atoms with Crippen LogP contribution >= 0.6 is 11.6 Å². The van der Waals surface area contributed by atoms with Gasteiger partial charge in [-0.1, -0.05) is 30.2 Å². The van der Waals surface area contributed by atoms with Gasteiger partial charge < -0.3 is 9.64 Å². The van der Waals surface area contributed by atoms with Crippen LogP contribution in [0.4, 0.5) is 0 Å². The van der Waals surface area contributed by atoms with Crippen molar-refractivity contribution in [3.63, 3.8) is 0 Å². The molecular formula is C22H27ClN2O5. The van der Waals surface area contributed by atoms with Crippen molar-refractivity contribution in [3.05, 3.63) is 34.9 Å². The topological polar surface area (TPSA) is 76.2 Å². The molecule has 0 radical (unpaired) electrons. The van der Waals surface area contributed by atoms with E-state index < -0.39 is 22.8 Å². The lowest BCUT2D eigenvalue weighted by molar-refractivity contribution is -0.210. The summed E-state index contributed by atoms with van der Waals surface area (Å²) in [5.41, 5.74) is -0.253. The summed E-state index contributed by atoms with van der Waals surface area (Å²) in [7, 11) is 2.78. The van der Waals surface area contributed by atoms with E-state index >= 15 is 0 Å². The van der Waals surface area contributed by atoms with Gasteiger partial charge in [0.1, 0.15) is 0 Å². The van der Waals surface area contributed by atoms with Crippen LogP contribution in [-0.4, -0.2) is 60.6 Å². The van der Waals surface area contributed by atoms with E-state index in [1.54, 1.807) is 0 Å². The first-order valence-corrected chi connectivity index (χ1v) is 10.8. The first kappa shape index (κ1) is 21.1. The summed E-state index contributed by atoms with van der Waals surface area (Å²) in [5, 5.41) is 1.99. The summed E-state index contributed by atoms with van der Waals surface area (Å²) in [5.74, 6) is -1.08. The minimum absolute atomic E-state index is 0.0726. The zero-order valence-electron chi connectivity index (χ0n) is 17.4. The fourth-order valence-corrected chi connectivity index (χ4v) is 5.57. The number of piperidine rings is 1. The molecule has 0 N–H and O–H groups in total. The van der Waals surface area contributed by atoms with E-state index in [-0.39, 0.29) is 18.2 Å². The number of ether oxygens (including phenoxy) is 1. The predicted molar refractivity (Wildman–Crippen MR) is 110 cm³/mol. The van der Waals surface area contributed by atoms with Crippen LogP contribution in [0.1, 0.15) is 44.1 Å². The highest BCUT2D eigenvalue weighted by Gasteiger charge is 2.59. The van der Waals surface area contributed by atoms with Crippen LogP contribution in [0.5, 0.6) is 0 Å². The Bertz CT molecular complexity index is 842. The number of hydrogen-bond donors (Lipinski definition) is 0. The van der Waals surface area contributed by atoms with Crippen molar-refractivity contribution in [1.82, 2.24) is 9.96 Å². The standard InChI is InChI=1S/C22H27ClN2O5/c1-29-19(27)17-14-18(26)25(30-2)22(17)10-12-24(13-11-22)20(28)21(8-3-9-21)15-4-6-16(23)7-5-15/h4-7,17H,3,8-14H2,1-2H3. The second-order valence-corrected chi connectivity index (χ2v) is 8.93. The molecule has 7 nitrogen and oxygen atoms in total. The Balaban J connectivity index is 1.54. The third-order valence-electron chi connectivity index (χ3n) is 7.26. The molecule has 1 aromatic carbocycles. The summed E-state index contributed by atoms with van der Waals surface area (Å²) in [4.78, 5) is 45.7. The molecule has 1 unspecified atom stereocenters. The smallest absolute Gasteiger partial charge is 0.311 e. The molecule has 1 atom stereocenters. The number of likely N-dealkylation sites (tertiary alicyclic amines) is 1. The van der Waals surface area contributed by atoms with Crippen molar-refractivity contribution in [1.29, 1.82) is 0 Å². The Hall–Kier alpha value is -2.12. The number of halogens is 1. The van der Waals surface area contributed by atoms with E-state index in [2.05, 4.69) is 0 Å². The molecule has 3 fully saturated rings. The Morgan fingerprint density at radius 2 is 1.70 bits per heavy atom. The van der Waals surface area contributed by atoms with Crippen molar-refractivity contribution in [3.8, 4) is 0 Å². The molecule has 8 heteroatoms. The predicted octanol–water partition coefficient (Wildman–Crippen LogP) is 2.71. The highest BCUT2D eigenvalue weighted by Crippen LogP contribution is 2.48. The number of benzene rings is 1. The van der Waals surface area contributed by atoms with E-state index in [4.69, 9.17) is 21.2 Å². The van der Waals surface area contributed by atoms with E-state index in [0.717, 1.165) is 24.8 Å². The normalized spacial score (nSPS) is 24.6. The highest BCUT2D eigenvalue weighted by molar-refractivity contribution is 6.30. The number of hydrogen-bond acceptors (Lipinski definition) is 5. The Morgan fingerprint density at radius 3 is 2.20 bits per heavy atom. The van der Waals surface area contributed by atoms with Gasteiger partial charge in [0, 0.05) is 24.5 Å². The average Bonchev–Trinajstić information content (AvgIpc) is 2.99. The van der Waals surface area contributed by atoms with Crippen LogP contribution in [0.25, 0.3) is 0 Å². The zero-order chi connectivity index (χ0) is 21.5. The van der Waals surface area contributed by atoms with Crippen LogP contribution in [0.3, 0.4) is 0 Å². The number of amides is 2. The van der Waals surface area contributed by atoms with Gasteiger partial charge in [0.25, 0.3) is 0 Å². The molecule has 2 amide bonds. The van der Waals surface area contributed by atoms with Crippen molar-refractivity contribution in [2.45, 2.75) is 49.5 Å². The molecule has 1 aromatic rings. The monoisotopic (exact) mass is 434 g/mol. The first-order chi connectivity index (χ1) is 14.4. The molecular weight excluding hydrogens is 408 g/mol. The first-order valence-electron chi connectivity index (χ1n) is 10.4. The lowest BCUT2D eigenvalue weighted by atomic mass is 9.63. The summed E-state index contributed by atoms with van der Waals surface area (Å²) >= 11 is 6.03. The molecule has 3 aliphatic rings. The van der Waals surface area contributed by atoms with Crippen molar-refractivity contribution in [2.24, 2.45) is 5.92 Å². The average molecular weight is 435 g/mol. The minimum atomic E-state index is -0.761. The van der Waals surface area contributed by atoms with Gasteiger partial charge in [0.2, 0.25) is 11.8 Å². The third kappa shape index (κ3) is 3.10. The van der Waals surface area contributed by atoms with Gasteiger partial charge in [-0.25, -0.2) is 5.06 Å². The fraction of sp³-hybridized carbons (Fsp3) is 0.591. The molecule has 2 aliphatic heterocycles. The number of hydroxylamine groups is 2. The van der Waals surface area contributed by atoms with Crippen LogP contribution < -0.4 is 0 Å². The lowest BCUT2D eigenvalue weighted by Gasteiger charge is -2.49. The number of carbonyl (C=O) groups excluding carboxylic acids is 3. The van der Waals surface area contributed by atoms with Crippen molar-refractivity contribution >= 4 is 29.4 Å². The van der Waals surface area contributed by atoms with E-state index in [1.165, 1.54) is 19.3 Å². The summed E-state index contributed by atoms with van der Waals surface area (Å²) < 4.78 is 4.96. The summed E-state index contributed by atoms with van der Waals surface area (Å²) in [6.07, 6.45) is 3.69. The van der Waals surface area contributed by atoms with Crippen molar-refractivity contribution in [2.75, 3.05) is 27.3 Å². The minimum Gasteiger partial charge on any atom is -0.469 e. The molecule has 1 spiro atoms. The summed E-state index contributed by atoms with van der Waals surface area (Å²) in [6, 6.07) is 7.55.